The fraction of sp³-hybridized carbons (Fsp3) is 0.800. The highest BCUT2D eigenvalue weighted by molar-refractivity contribution is 5.73. The highest BCUT2D eigenvalue weighted by Gasteiger charge is 2.20. The van der Waals surface area contributed by atoms with Crippen molar-refractivity contribution in [2.24, 2.45) is 11.5 Å². The maximum absolute atomic E-state index is 10.1. The third-order valence-electron chi connectivity index (χ3n) is 1.16. The fourth-order valence-corrected chi connectivity index (χ4v) is 0.515. The molecule has 0 spiro atoms. The normalized spacial score (nSPS) is 16.3. The Labute approximate surface area is 58.6 Å². The molecule has 5 heteroatoms. The summed E-state index contributed by atoms with van der Waals surface area (Å²) in [6.07, 6.45) is -0.824. The molecule has 0 aliphatic rings. The summed E-state index contributed by atoms with van der Waals surface area (Å²) in [6.45, 7) is 0.238. The maximum atomic E-state index is 10.1. The van der Waals surface area contributed by atoms with Gasteiger partial charge in [0, 0.05) is 0 Å². The van der Waals surface area contributed by atoms with Crippen LogP contribution < -0.4 is 11.5 Å². The van der Waals surface area contributed by atoms with Gasteiger partial charge in [0.05, 0.1) is 6.10 Å². The Balaban J connectivity index is 3.69. The molecule has 10 heavy (non-hydrogen) atoms. The Morgan fingerprint density at radius 1 is 1.60 bits per heavy atom. The minimum atomic E-state index is -1.22. The van der Waals surface area contributed by atoms with E-state index in [4.69, 9.17) is 21.7 Å². The molecule has 0 heterocycles. The van der Waals surface area contributed by atoms with Crippen molar-refractivity contribution < 1.29 is 15.0 Å². The highest BCUT2D eigenvalue weighted by atomic mass is 16.4. The van der Waals surface area contributed by atoms with Crippen molar-refractivity contribution in [1.82, 2.24) is 0 Å². The zero-order valence-corrected chi connectivity index (χ0v) is 5.53. The van der Waals surface area contributed by atoms with Gasteiger partial charge in [-0.25, -0.2) is 0 Å². The number of carbonyl (C=O) groups is 1. The number of nitrogens with two attached hydrogens (primary N) is 2. The molecule has 0 aromatic carbocycles. The summed E-state index contributed by atoms with van der Waals surface area (Å²) in [5.74, 6) is -1.21. The molecule has 0 bridgehead atoms. The predicted molar refractivity (Wildman–Crippen MR) is 35.3 cm³/mol. The van der Waals surface area contributed by atoms with E-state index in [2.05, 4.69) is 0 Å². The molecule has 0 rings (SSSR count). The van der Waals surface area contributed by atoms with Gasteiger partial charge in [0.15, 0.2) is 0 Å². The molecule has 0 saturated carbocycles. The molecule has 2 atom stereocenters. The van der Waals surface area contributed by atoms with Crippen LogP contribution >= 0.6 is 0 Å². The summed E-state index contributed by atoms with van der Waals surface area (Å²) in [7, 11) is 0. The van der Waals surface area contributed by atoms with Gasteiger partial charge in [-0.3, -0.25) is 4.79 Å². The Bertz CT molecular complexity index is 117. The molecule has 0 aromatic heterocycles. The first kappa shape index (κ1) is 9.35. The van der Waals surface area contributed by atoms with E-state index >= 15 is 0 Å². The molecular formula is C5H12N2O3. The van der Waals surface area contributed by atoms with Crippen molar-refractivity contribution in [3.8, 4) is 0 Å². The summed E-state index contributed by atoms with van der Waals surface area (Å²) in [4.78, 5) is 10.1. The van der Waals surface area contributed by atoms with E-state index in [9.17, 15) is 4.79 Å². The van der Waals surface area contributed by atoms with E-state index in [-0.39, 0.29) is 13.0 Å². The average Bonchev–Trinajstić information content (AvgIpc) is 1.87. The first-order valence-corrected chi connectivity index (χ1v) is 2.96. The predicted octanol–water partition coefficient (Wildman–Crippen LogP) is -1.89. The zero-order valence-electron chi connectivity index (χ0n) is 5.53. The number of carboxylic acids is 1. The van der Waals surface area contributed by atoms with Gasteiger partial charge in [-0.1, -0.05) is 0 Å². The van der Waals surface area contributed by atoms with Crippen molar-refractivity contribution in [1.29, 1.82) is 0 Å². The van der Waals surface area contributed by atoms with Gasteiger partial charge >= 0.3 is 5.97 Å². The SMILES string of the molecule is NCC[C@@H](O)[C@@H](N)C(=O)O. The van der Waals surface area contributed by atoms with Crippen LogP contribution in [-0.2, 0) is 4.79 Å². The Hall–Kier alpha value is -0.650. The second-order valence-electron chi connectivity index (χ2n) is 2.01. The van der Waals surface area contributed by atoms with Crippen molar-refractivity contribution in [2.75, 3.05) is 6.54 Å². The number of rotatable bonds is 4. The van der Waals surface area contributed by atoms with E-state index in [1.807, 2.05) is 0 Å². The summed E-state index contributed by atoms with van der Waals surface area (Å²) in [6, 6.07) is -1.22. The van der Waals surface area contributed by atoms with Gasteiger partial charge in [-0.2, -0.15) is 0 Å². The number of hydrogen-bond acceptors (Lipinski definition) is 4. The van der Waals surface area contributed by atoms with E-state index in [0.29, 0.717) is 0 Å². The standard InChI is InChI=1S/C5H12N2O3/c6-2-1-3(8)4(7)5(9)10/h3-4,8H,1-2,6-7H2,(H,9,10)/t3-,4-/m1/s1. The lowest BCUT2D eigenvalue weighted by Crippen LogP contribution is -2.42. The van der Waals surface area contributed by atoms with Gasteiger partial charge < -0.3 is 21.7 Å². The molecule has 0 radical (unpaired) electrons. The van der Waals surface area contributed by atoms with Gasteiger partial charge in [0.2, 0.25) is 0 Å². The molecule has 5 nitrogen and oxygen atoms in total. The smallest absolute Gasteiger partial charge is 0.323 e. The molecule has 0 aromatic rings. The van der Waals surface area contributed by atoms with Crippen LogP contribution in [0.5, 0.6) is 0 Å². The van der Waals surface area contributed by atoms with Crippen molar-refractivity contribution in [3.05, 3.63) is 0 Å². The van der Waals surface area contributed by atoms with Crippen LogP contribution in [0, 0.1) is 0 Å². The lowest BCUT2D eigenvalue weighted by Gasteiger charge is -2.12. The average molecular weight is 148 g/mol. The third-order valence-corrected chi connectivity index (χ3v) is 1.16. The number of aliphatic hydroxyl groups is 1. The highest BCUT2D eigenvalue weighted by Crippen LogP contribution is 1.94. The fourth-order valence-electron chi connectivity index (χ4n) is 0.515. The minimum Gasteiger partial charge on any atom is -0.480 e. The van der Waals surface area contributed by atoms with E-state index < -0.39 is 18.1 Å². The topological polar surface area (TPSA) is 110 Å². The second kappa shape index (κ2) is 4.21. The van der Waals surface area contributed by atoms with Crippen LogP contribution in [0.3, 0.4) is 0 Å². The van der Waals surface area contributed by atoms with Gasteiger partial charge in [0.1, 0.15) is 6.04 Å². The number of carboxylic acid groups (broad SMARTS) is 1. The summed E-state index contributed by atoms with van der Waals surface area (Å²) >= 11 is 0. The summed E-state index contributed by atoms with van der Waals surface area (Å²) in [5.41, 5.74) is 10.1. The summed E-state index contributed by atoms with van der Waals surface area (Å²) < 4.78 is 0. The first-order chi connectivity index (χ1) is 4.59. The Morgan fingerprint density at radius 3 is 2.40 bits per heavy atom. The molecule has 0 aliphatic heterocycles. The van der Waals surface area contributed by atoms with E-state index in [0.717, 1.165) is 0 Å². The number of aliphatic carboxylic acids is 1. The number of aliphatic hydroxyl groups excluding tert-OH is 1. The van der Waals surface area contributed by atoms with Crippen LogP contribution in [0.2, 0.25) is 0 Å². The minimum absolute atomic E-state index is 0.216. The number of hydrogen-bond donors (Lipinski definition) is 4. The van der Waals surface area contributed by atoms with E-state index in [1.165, 1.54) is 0 Å². The molecule has 0 fully saturated rings. The van der Waals surface area contributed by atoms with Crippen LogP contribution in [0.4, 0.5) is 0 Å². The Morgan fingerprint density at radius 2 is 2.10 bits per heavy atom. The molecule has 0 aliphatic carbocycles. The van der Waals surface area contributed by atoms with Crippen molar-refractivity contribution in [2.45, 2.75) is 18.6 Å². The molecule has 0 saturated heterocycles. The molecule has 0 unspecified atom stereocenters. The summed E-state index contributed by atoms with van der Waals surface area (Å²) in [5, 5.41) is 17.2. The zero-order chi connectivity index (χ0) is 8.15. The Kier molecular flexibility index (Phi) is 3.94. The molecule has 0 amide bonds. The van der Waals surface area contributed by atoms with Crippen LogP contribution in [0.1, 0.15) is 6.42 Å². The molecule has 6 N–H and O–H groups in total. The lowest BCUT2D eigenvalue weighted by atomic mass is 10.1. The van der Waals surface area contributed by atoms with Crippen molar-refractivity contribution >= 4 is 5.97 Å². The van der Waals surface area contributed by atoms with Gasteiger partial charge in [0.25, 0.3) is 0 Å². The van der Waals surface area contributed by atoms with Gasteiger partial charge in [-0.15, -0.1) is 0 Å². The van der Waals surface area contributed by atoms with Crippen LogP contribution in [0.15, 0.2) is 0 Å². The maximum Gasteiger partial charge on any atom is 0.323 e. The molecular weight excluding hydrogens is 136 g/mol. The quantitative estimate of drug-likeness (QED) is 0.372. The van der Waals surface area contributed by atoms with Crippen molar-refractivity contribution in [3.63, 3.8) is 0 Å². The first-order valence-electron chi connectivity index (χ1n) is 2.96. The van der Waals surface area contributed by atoms with Gasteiger partial charge in [-0.05, 0) is 13.0 Å². The monoisotopic (exact) mass is 148 g/mol. The largest absolute Gasteiger partial charge is 0.480 e. The lowest BCUT2D eigenvalue weighted by molar-refractivity contribution is -0.141. The molecule has 60 valence electrons. The third kappa shape index (κ3) is 2.77. The van der Waals surface area contributed by atoms with E-state index in [1.54, 1.807) is 0 Å². The van der Waals surface area contributed by atoms with Crippen LogP contribution in [-0.4, -0.2) is 34.9 Å². The second-order valence-corrected chi connectivity index (χ2v) is 2.01. The van der Waals surface area contributed by atoms with Crippen LogP contribution in [0.25, 0.3) is 0 Å².